The van der Waals surface area contributed by atoms with Crippen LogP contribution in [-0.4, -0.2) is 18.3 Å². The third kappa shape index (κ3) is 3.38. The first-order valence-corrected chi connectivity index (χ1v) is 7.34. The Kier molecular flexibility index (Phi) is 3.96. The van der Waals surface area contributed by atoms with Crippen LogP contribution < -0.4 is 10.5 Å². The molecule has 1 heterocycles. The molecule has 2 rings (SSSR count). The van der Waals surface area contributed by atoms with Crippen molar-refractivity contribution in [3.05, 3.63) is 51.7 Å². The van der Waals surface area contributed by atoms with Gasteiger partial charge in [0, 0.05) is 18.3 Å². The monoisotopic (exact) mass is 328 g/mol. The standard InChI is InChI=1S/C11H9ClN4O4S/c12-9-3-1-7(16(17)18)5-10(9)15-21(19,20)8-2-4-11(13)14-6-8/h1-6,15H,(H2,13,14). The Labute approximate surface area is 124 Å². The smallest absolute Gasteiger partial charge is 0.271 e. The molecule has 0 radical (unpaired) electrons. The molecule has 8 nitrogen and oxygen atoms in total. The highest BCUT2D eigenvalue weighted by molar-refractivity contribution is 7.92. The van der Waals surface area contributed by atoms with Crippen molar-refractivity contribution >= 4 is 38.8 Å². The van der Waals surface area contributed by atoms with Crippen LogP contribution in [0.4, 0.5) is 17.2 Å². The van der Waals surface area contributed by atoms with Crippen molar-refractivity contribution < 1.29 is 13.3 Å². The number of nitrogens with one attached hydrogen (secondary N) is 1. The maximum Gasteiger partial charge on any atom is 0.271 e. The number of non-ortho nitro benzene ring substituents is 1. The Balaban J connectivity index is 2.38. The first-order valence-electron chi connectivity index (χ1n) is 5.48. The Bertz CT molecular complexity index is 792. The summed E-state index contributed by atoms with van der Waals surface area (Å²) in [6.45, 7) is 0. The van der Waals surface area contributed by atoms with E-state index in [0.29, 0.717) is 0 Å². The van der Waals surface area contributed by atoms with Crippen LogP contribution in [0.3, 0.4) is 0 Å². The van der Waals surface area contributed by atoms with Gasteiger partial charge in [0.25, 0.3) is 15.7 Å². The van der Waals surface area contributed by atoms with E-state index < -0.39 is 14.9 Å². The second-order valence-electron chi connectivity index (χ2n) is 3.95. The Morgan fingerprint density at radius 3 is 2.57 bits per heavy atom. The zero-order valence-electron chi connectivity index (χ0n) is 10.4. The van der Waals surface area contributed by atoms with Gasteiger partial charge < -0.3 is 5.73 Å². The predicted molar refractivity (Wildman–Crippen MR) is 77.6 cm³/mol. The summed E-state index contributed by atoms with van der Waals surface area (Å²) in [6, 6.07) is 6.02. The molecule has 0 bridgehead atoms. The van der Waals surface area contributed by atoms with E-state index in [1.165, 1.54) is 24.3 Å². The highest BCUT2D eigenvalue weighted by Crippen LogP contribution is 2.28. The van der Waals surface area contributed by atoms with Gasteiger partial charge in [0.2, 0.25) is 0 Å². The lowest BCUT2D eigenvalue weighted by Crippen LogP contribution is -2.14. The number of pyridine rings is 1. The summed E-state index contributed by atoms with van der Waals surface area (Å²) in [7, 11) is -3.97. The third-order valence-corrected chi connectivity index (χ3v) is 4.15. The van der Waals surface area contributed by atoms with Gasteiger partial charge in [-0.1, -0.05) is 11.6 Å². The molecular formula is C11H9ClN4O4S. The maximum atomic E-state index is 12.1. The number of nitro groups is 1. The molecule has 0 unspecified atom stereocenters. The first-order chi connectivity index (χ1) is 9.79. The number of sulfonamides is 1. The SMILES string of the molecule is Nc1ccc(S(=O)(=O)Nc2cc([N+](=O)[O-])ccc2Cl)cn1. The second-order valence-corrected chi connectivity index (χ2v) is 6.04. The number of nitrogens with two attached hydrogens (primary N) is 1. The average molecular weight is 329 g/mol. The first kappa shape index (κ1) is 15.0. The molecule has 110 valence electrons. The molecule has 3 N–H and O–H groups in total. The molecule has 0 fully saturated rings. The van der Waals surface area contributed by atoms with Crippen LogP contribution >= 0.6 is 11.6 Å². The molecule has 0 spiro atoms. The van der Waals surface area contributed by atoms with Crippen LogP contribution in [-0.2, 0) is 10.0 Å². The fraction of sp³-hybridized carbons (Fsp3) is 0. The van der Waals surface area contributed by atoms with Crippen molar-refractivity contribution in [1.82, 2.24) is 4.98 Å². The number of nitrogens with zero attached hydrogens (tertiary/aromatic N) is 2. The average Bonchev–Trinajstić information content (AvgIpc) is 2.41. The van der Waals surface area contributed by atoms with Crippen LogP contribution in [0.5, 0.6) is 0 Å². The number of halogens is 1. The van der Waals surface area contributed by atoms with Crippen LogP contribution in [0.2, 0.25) is 5.02 Å². The molecule has 0 atom stereocenters. The highest BCUT2D eigenvalue weighted by Gasteiger charge is 2.18. The summed E-state index contributed by atoms with van der Waals surface area (Å²) >= 11 is 5.83. The van der Waals surface area contributed by atoms with Gasteiger partial charge in [-0.3, -0.25) is 14.8 Å². The lowest BCUT2D eigenvalue weighted by atomic mass is 10.3. The molecule has 0 saturated carbocycles. The predicted octanol–water partition coefficient (Wildman–Crippen LogP) is 2.03. The Hall–Kier alpha value is -2.39. The van der Waals surface area contributed by atoms with Crippen LogP contribution in [0, 0.1) is 10.1 Å². The summed E-state index contributed by atoms with van der Waals surface area (Å²) in [6.07, 6.45) is 1.07. The molecule has 0 aliphatic carbocycles. The molecule has 1 aromatic carbocycles. The minimum atomic E-state index is -3.97. The fourth-order valence-electron chi connectivity index (χ4n) is 1.46. The number of nitrogen functional groups attached to an aromatic ring is 1. The van der Waals surface area contributed by atoms with Gasteiger partial charge in [0.15, 0.2) is 0 Å². The van der Waals surface area contributed by atoms with Crippen molar-refractivity contribution in [2.75, 3.05) is 10.5 Å². The largest absolute Gasteiger partial charge is 0.384 e. The van der Waals surface area contributed by atoms with E-state index in [0.717, 1.165) is 12.3 Å². The molecule has 2 aromatic rings. The molecule has 0 saturated heterocycles. The van der Waals surface area contributed by atoms with Gasteiger partial charge in [0.05, 0.1) is 15.6 Å². The number of anilines is 2. The lowest BCUT2D eigenvalue weighted by molar-refractivity contribution is -0.384. The number of benzene rings is 1. The summed E-state index contributed by atoms with van der Waals surface area (Å²) in [5, 5.41) is 10.7. The number of hydrogen-bond acceptors (Lipinski definition) is 6. The molecule has 10 heteroatoms. The van der Waals surface area contributed by atoms with Crippen LogP contribution in [0.25, 0.3) is 0 Å². The van der Waals surface area contributed by atoms with E-state index in [1.54, 1.807) is 0 Å². The molecule has 0 amide bonds. The zero-order valence-corrected chi connectivity index (χ0v) is 11.9. The number of aromatic nitrogens is 1. The van der Waals surface area contributed by atoms with Crippen molar-refractivity contribution in [3.8, 4) is 0 Å². The third-order valence-electron chi connectivity index (χ3n) is 2.47. The summed E-state index contributed by atoms with van der Waals surface area (Å²) in [4.78, 5) is 13.6. The van der Waals surface area contributed by atoms with E-state index >= 15 is 0 Å². The van der Waals surface area contributed by atoms with Gasteiger partial charge in [-0.25, -0.2) is 13.4 Å². The Morgan fingerprint density at radius 2 is 2.00 bits per heavy atom. The van der Waals surface area contributed by atoms with Crippen LogP contribution in [0.15, 0.2) is 41.4 Å². The highest BCUT2D eigenvalue weighted by atomic mass is 35.5. The topological polar surface area (TPSA) is 128 Å². The van der Waals surface area contributed by atoms with Gasteiger partial charge in [0.1, 0.15) is 10.7 Å². The van der Waals surface area contributed by atoms with E-state index in [9.17, 15) is 18.5 Å². The Morgan fingerprint density at radius 1 is 1.29 bits per heavy atom. The van der Waals surface area contributed by atoms with E-state index in [-0.39, 0.29) is 27.1 Å². The van der Waals surface area contributed by atoms with Gasteiger partial charge in [-0.05, 0) is 18.2 Å². The fourth-order valence-corrected chi connectivity index (χ4v) is 2.70. The summed E-state index contributed by atoms with van der Waals surface area (Å²) < 4.78 is 26.4. The molecule has 0 aliphatic rings. The number of rotatable bonds is 4. The lowest BCUT2D eigenvalue weighted by Gasteiger charge is -2.09. The van der Waals surface area contributed by atoms with Crippen molar-refractivity contribution in [2.24, 2.45) is 0 Å². The van der Waals surface area contributed by atoms with E-state index in [1.807, 2.05) is 0 Å². The summed E-state index contributed by atoms with van der Waals surface area (Å²) in [5.41, 5.74) is 5.00. The number of nitro benzene ring substituents is 1. The summed E-state index contributed by atoms with van der Waals surface area (Å²) in [5.74, 6) is 0.169. The van der Waals surface area contributed by atoms with Gasteiger partial charge in [-0.15, -0.1) is 0 Å². The molecule has 0 aliphatic heterocycles. The molecule has 21 heavy (non-hydrogen) atoms. The number of hydrogen-bond donors (Lipinski definition) is 2. The molecule has 1 aromatic heterocycles. The maximum absolute atomic E-state index is 12.1. The minimum Gasteiger partial charge on any atom is -0.384 e. The van der Waals surface area contributed by atoms with Crippen molar-refractivity contribution in [1.29, 1.82) is 0 Å². The second kappa shape index (κ2) is 5.54. The minimum absolute atomic E-state index is 0.0348. The van der Waals surface area contributed by atoms with Gasteiger partial charge >= 0.3 is 0 Å². The quantitative estimate of drug-likeness (QED) is 0.652. The van der Waals surface area contributed by atoms with Crippen LogP contribution in [0.1, 0.15) is 0 Å². The van der Waals surface area contributed by atoms with Crippen molar-refractivity contribution in [2.45, 2.75) is 4.90 Å². The molecular weight excluding hydrogens is 320 g/mol. The van der Waals surface area contributed by atoms with Gasteiger partial charge in [-0.2, -0.15) is 0 Å². The van der Waals surface area contributed by atoms with Crippen molar-refractivity contribution in [3.63, 3.8) is 0 Å². The zero-order chi connectivity index (χ0) is 15.6. The van der Waals surface area contributed by atoms with E-state index in [4.69, 9.17) is 17.3 Å². The van der Waals surface area contributed by atoms with E-state index in [2.05, 4.69) is 9.71 Å². The normalized spacial score (nSPS) is 11.1.